The Morgan fingerprint density at radius 3 is 2.68 bits per heavy atom. The lowest BCUT2D eigenvalue weighted by molar-refractivity contribution is 0.607. The molecule has 7 heteroatoms. The maximum absolute atomic E-state index is 11.2. The molecule has 2 rings (SSSR count). The summed E-state index contributed by atoms with van der Waals surface area (Å²) in [5.41, 5.74) is 1.33. The summed E-state index contributed by atoms with van der Waals surface area (Å²) in [5.74, 6) is 1.17. The van der Waals surface area contributed by atoms with Crippen molar-refractivity contribution in [2.24, 2.45) is 0 Å². The second kappa shape index (κ2) is 5.81. The zero-order valence-corrected chi connectivity index (χ0v) is 13.2. The molecule has 19 heavy (non-hydrogen) atoms. The number of thioether (sulfide) groups is 1. The SMILES string of the molecule is CC1SCCC1Nc1ccc(NS(C)(=O)=O)c(Cl)c1. The van der Waals surface area contributed by atoms with E-state index in [1.807, 2.05) is 17.8 Å². The third-order valence-corrected chi connectivity index (χ3v) is 5.22. The molecule has 1 fully saturated rings. The molecule has 2 unspecified atom stereocenters. The van der Waals surface area contributed by atoms with Crippen molar-refractivity contribution in [1.29, 1.82) is 0 Å². The van der Waals surface area contributed by atoms with E-state index in [0.29, 0.717) is 22.0 Å². The Morgan fingerprint density at radius 2 is 2.16 bits per heavy atom. The standard InChI is InChI=1S/C12H17ClN2O2S2/c1-8-11(5-6-18-8)14-9-3-4-12(10(13)7-9)15-19(2,16)17/h3-4,7-8,11,14-15H,5-6H2,1-2H3. The molecule has 4 nitrogen and oxygen atoms in total. The van der Waals surface area contributed by atoms with Crippen LogP contribution >= 0.6 is 23.4 Å². The van der Waals surface area contributed by atoms with Gasteiger partial charge in [-0.15, -0.1) is 0 Å². The van der Waals surface area contributed by atoms with Crippen molar-refractivity contribution in [2.45, 2.75) is 24.6 Å². The lowest BCUT2D eigenvalue weighted by Crippen LogP contribution is -2.24. The van der Waals surface area contributed by atoms with Gasteiger partial charge in [0.2, 0.25) is 10.0 Å². The number of hydrogen-bond donors (Lipinski definition) is 2. The van der Waals surface area contributed by atoms with E-state index in [-0.39, 0.29) is 0 Å². The van der Waals surface area contributed by atoms with Crippen LogP contribution in [0.1, 0.15) is 13.3 Å². The van der Waals surface area contributed by atoms with Gasteiger partial charge in [0.1, 0.15) is 0 Å². The van der Waals surface area contributed by atoms with Gasteiger partial charge in [-0.3, -0.25) is 4.72 Å². The molecule has 2 N–H and O–H groups in total. The third kappa shape index (κ3) is 4.19. The Balaban J connectivity index is 2.10. The highest BCUT2D eigenvalue weighted by atomic mass is 35.5. The molecule has 0 saturated carbocycles. The molecular formula is C12H17ClN2O2S2. The van der Waals surface area contributed by atoms with E-state index < -0.39 is 10.0 Å². The van der Waals surface area contributed by atoms with Crippen molar-refractivity contribution in [3.63, 3.8) is 0 Å². The molecule has 1 aromatic carbocycles. The fourth-order valence-electron chi connectivity index (χ4n) is 2.02. The highest BCUT2D eigenvalue weighted by Gasteiger charge is 2.23. The summed E-state index contributed by atoms with van der Waals surface area (Å²) < 4.78 is 24.7. The molecule has 0 radical (unpaired) electrons. The van der Waals surface area contributed by atoms with E-state index in [0.717, 1.165) is 18.4 Å². The highest BCUT2D eigenvalue weighted by molar-refractivity contribution is 8.00. The smallest absolute Gasteiger partial charge is 0.229 e. The van der Waals surface area contributed by atoms with Crippen LogP contribution in [0.2, 0.25) is 5.02 Å². The summed E-state index contributed by atoms with van der Waals surface area (Å²) in [4.78, 5) is 0. The van der Waals surface area contributed by atoms with Gasteiger partial charge >= 0.3 is 0 Å². The summed E-state index contributed by atoms with van der Waals surface area (Å²) in [6.45, 7) is 2.20. The van der Waals surface area contributed by atoms with Crippen LogP contribution in [0, 0.1) is 0 Å². The predicted molar refractivity (Wildman–Crippen MR) is 83.9 cm³/mol. The Kier molecular flexibility index (Phi) is 4.53. The molecule has 1 aliphatic rings. The molecule has 106 valence electrons. The van der Waals surface area contributed by atoms with Crippen LogP contribution in [0.5, 0.6) is 0 Å². The molecule has 1 heterocycles. The predicted octanol–water partition coefficient (Wildman–Crippen LogP) is 3.02. The third-order valence-electron chi connectivity index (χ3n) is 2.99. The lowest BCUT2D eigenvalue weighted by Gasteiger charge is -2.18. The first kappa shape index (κ1) is 14.8. The molecule has 0 spiro atoms. The van der Waals surface area contributed by atoms with Crippen LogP contribution in [0.3, 0.4) is 0 Å². The molecule has 2 atom stereocenters. The summed E-state index contributed by atoms with van der Waals surface area (Å²) in [6, 6.07) is 5.72. The van der Waals surface area contributed by atoms with Gasteiger partial charge in [-0.05, 0) is 30.4 Å². The minimum Gasteiger partial charge on any atom is -0.381 e. The Morgan fingerprint density at radius 1 is 1.42 bits per heavy atom. The fraction of sp³-hybridized carbons (Fsp3) is 0.500. The van der Waals surface area contributed by atoms with E-state index in [4.69, 9.17) is 11.6 Å². The second-order valence-electron chi connectivity index (χ2n) is 4.68. The first-order chi connectivity index (χ1) is 8.85. The fourth-order valence-corrected chi connectivity index (χ4v) is 4.08. The summed E-state index contributed by atoms with van der Waals surface area (Å²) in [7, 11) is -3.30. The Labute approximate surface area is 123 Å². The van der Waals surface area contributed by atoms with Crippen molar-refractivity contribution < 1.29 is 8.42 Å². The van der Waals surface area contributed by atoms with E-state index in [1.165, 1.54) is 5.75 Å². The molecule has 0 bridgehead atoms. The van der Waals surface area contributed by atoms with Crippen molar-refractivity contribution in [3.05, 3.63) is 23.2 Å². The van der Waals surface area contributed by atoms with E-state index in [9.17, 15) is 8.42 Å². The molecule has 1 aromatic rings. The zero-order chi connectivity index (χ0) is 14.0. The highest BCUT2D eigenvalue weighted by Crippen LogP contribution is 2.31. The second-order valence-corrected chi connectivity index (χ2v) is 8.33. The van der Waals surface area contributed by atoms with E-state index >= 15 is 0 Å². The van der Waals surface area contributed by atoms with Gasteiger partial charge in [0.25, 0.3) is 0 Å². The molecule has 0 amide bonds. The quantitative estimate of drug-likeness (QED) is 0.895. The van der Waals surface area contributed by atoms with Gasteiger partial charge in [-0.1, -0.05) is 18.5 Å². The van der Waals surface area contributed by atoms with Crippen molar-refractivity contribution >= 4 is 44.8 Å². The normalized spacial score (nSPS) is 23.3. The molecule has 1 aliphatic heterocycles. The van der Waals surface area contributed by atoms with Gasteiger partial charge in [-0.25, -0.2) is 8.42 Å². The van der Waals surface area contributed by atoms with E-state index in [1.54, 1.807) is 12.1 Å². The average molecular weight is 321 g/mol. The number of hydrogen-bond acceptors (Lipinski definition) is 4. The summed E-state index contributed by atoms with van der Waals surface area (Å²) in [6.07, 6.45) is 2.24. The minimum absolute atomic E-state index is 0.397. The first-order valence-corrected chi connectivity index (χ1v) is 9.32. The maximum Gasteiger partial charge on any atom is 0.229 e. The first-order valence-electron chi connectivity index (χ1n) is 6.00. The zero-order valence-electron chi connectivity index (χ0n) is 10.8. The molecular weight excluding hydrogens is 304 g/mol. The minimum atomic E-state index is -3.30. The lowest BCUT2D eigenvalue weighted by atomic mass is 10.1. The molecule has 1 saturated heterocycles. The van der Waals surface area contributed by atoms with Crippen LogP contribution in [-0.4, -0.2) is 31.7 Å². The van der Waals surface area contributed by atoms with Gasteiger partial charge in [0.05, 0.1) is 17.0 Å². The number of anilines is 2. The number of nitrogens with one attached hydrogen (secondary N) is 2. The molecule has 0 aromatic heterocycles. The van der Waals surface area contributed by atoms with Crippen LogP contribution in [-0.2, 0) is 10.0 Å². The topological polar surface area (TPSA) is 58.2 Å². The largest absolute Gasteiger partial charge is 0.381 e. The number of halogens is 1. The van der Waals surface area contributed by atoms with Crippen LogP contribution in [0.25, 0.3) is 0 Å². The Hall–Kier alpha value is -0.590. The number of rotatable bonds is 4. The maximum atomic E-state index is 11.2. The van der Waals surface area contributed by atoms with Gasteiger partial charge < -0.3 is 5.32 Å². The Bertz CT molecular complexity index is 563. The van der Waals surface area contributed by atoms with Crippen LogP contribution < -0.4 is 10.0 Å². The average Bonchev–Trinajstić information content (AvgIpc) is 2.67. The van der Waals surface area contributed by atoms with Crippen molar-refractivity contribution in [2.75, 3.05) is 22.0 Å². The van der Waals surface area contributed by atoms with E-state index in [2.05, 4.69) is 17.0 Å². The van der Waals surface area contributed by atoms with Crippen LogP contribution in [0.15, 0.2) is 18.2 Å². The summed E-state index contributed by atoms with van der Waals surface area (Å²) in [5, 5.41) is 4.41. The van der Waals surface area contributed by atoms with Crippen molar-refractivity contribution in [3.8, 4) is 0 Å². The molecule has 0 aliphatic carbocycles. The van der Waals surface area contributed by atoms with Crippen LogP contribution in [0.4, 0.5) is 11.4 Å². The summed E-state index contributed by atoms with van der Waals surface area (Å²) >= 11 is 8.04. The van der Waals surface area contributed by atoms with Gasteiger partial charge in [0.15, 0.2) is 0 Å². The number of sulfonamides is 1. The van der Waals surface area contributed by atoms with Gasteiger partial charge in [-0.2, -0.15) is 11.8 Å². The van der Waals surface area contributed by atoms with Crippen molar-refractivity contribution in [1.82, 2.24) is 0 Å². The monoisotopic (exact) mass is 320 g/mol. The van der Waals surface area contributed by atoms with Gasteiger partial charge in [0, 0.05) is 17.0 Å². The number of benzene rings is 1.